The number of aryl methyl sites for hydroxylation is 1. The van der Waals surface area contributed by atoms with Crippen LogP contribution < -0.4 is 4.90 Å². The Morgan fingerprint density at radius 2 is 1.98 bits per heavy atom. The van der Waals surface area contributed by atoms with Gasteiger partial charge in [0.25, 0.3) is 5.91 Å². The summed E-state index contributed by atoms with van der Waals surface area (Å²) >= 11 is 8.19. The van der Waals surface area contributed by atoms with Crippen LogP contribution in [-0.4, -0.2) is 63.6 Å². The van der Waals surface area contributed by atoms with E-state index in [0.29, 0.717) is 29.1 Å². The number of carbonyl (C=O) groups excluding carboxylic acids is 3. The maximum atomic E-state index is 14.8. The summed E-state index contributed by atoms with van der Waals surface area (Å²) in [6, 6.07) is 12.9. The largest absolute Gasteiger partial charge is 0.461 e. The van der Waals surface area contributed by atoms with Crippen molar-refractivity contribution in [1.82, 2.24) is 4.90 Å². The first-order chi connectivity index (χ1) is 19.3. The number of anilines is 1. The number of ether oxygens (including phenoxy) is 1. The number of likely N-dealkylation sites (tertiary alicyclic amines) is 1. The highest BCUT2D eigenvalue weighted by molar-refractivity contribution is 8.02. The van der Waals surface area contributed by atoms with Gasteiger partial charge in [0.1, 0.15) is 12.6 Å². The number of para-hydroxylation sites is 1. The quantitative estimate of drug-likeness (QED) is 0.323. The monoisotopic (exact) mass is 580 g/mol. The van der Waals surface area contributed by atoms with Crippen molar-refractivity contribution < 1.29 is 24.2 Å². The molecule has 2 aromatic carbocycles. The minimum Gasteiger partial charge on any atom is -0.461 e. The van der Waals surface area contributed by atoms with Crippen molar-refractivity contribution in [3.05, 3.63) is 90.0 Å². The number of fused-ring (bicyclic) bond motifs is 1. The van der Waals surface area contributed by atoms with Gasteiger partial charge in [0.05, 0.1) is 39.9 Å². The lowest BCUT2D eigenvalue weighted by molar-refractivity contribution is -0.153. The van der Waals surface area contributed by atoms with E-state index in [4.69, 9.17) is 16.3 Å². The van der Waals surface area contributed by atoms with Crippen LogP contribution in [0.2, 0.25) is 5.02 Å². The Labute approximate surface area is 243 Å². The molecule has 3 aliphatic rings. The minimum atomic E-state index is -0.940. The van der Waals surface area contributed by atoms with Crippen LogP contribution >= 0.6 is 23.4 Å². The first-order valence-corrected chi connectivity index (χ1v) is 14.7. The number of nitrogens with zero attached hydrogens (tertiary/aromatic N) is 2. The van der Waals surface area contributed by atoms with Crippen molar-refractivity contribution in [3.63, 3.8) is 0 Å². The van der Waals surface area contributed by atoms with E-state index in [9.17, 15) is 19.5 Å². The van der Waals surface area contributed by atoms with Gasteiger partial charge in [-0.2, -0.15) is 0 Å². The van der Waals surface area contributed by atoms with E-state index in [0.717, 1.165) is 5.56 Å². The molecule has 2 bridgehead atoms. The standard InChI is InChI=1S/C31H33ClN2O5S/c1-4-16-33(26-19(3)10-9-13-21(26)32)29(37)27-31-15-14-23(40-31)24(30(38)39-17-5-2)25(31)28(36)34(27)22(18-35)20-11-7-6-8-12-20/h4-13,22-25,27,35H,1-2,14-18H2,3H3/t22-,23+,24-,25+,27?,31?/m1/s1. The molecule has 3 saturated heterocycles. The van der Waals surface area contributed by atoms with Gasteiger partial charge >= 0.3 is 5.97 Å². The molecule has 3 fully saturated rings. The Morgan fingerprint density at radius 3 is 2.62 bits per heavy atom. The number of rotatable bonds is 10. The molecular formula is C31H33ClN2O5S. The molecule has 3 heterocycles. The molecule has 1 N–H and O–H groups in total. The second kappa shape index (κ2) is 11.4. The van der Waals surface area contributed by atoms with Crippen LogP contribution in [0.3, 0.4) is 0 Å². The Kier molecular flexibility index (Phi) is 8.13. The molecular weight excluding hydrogens is 548 g/mol. The van der Waals surface area contributed by atoms with E-state index in [1.54, 1.807) is 28.8 Å². The Balaban J connectivity index is 1.66. The maximum Gasteiger partial charge on any atom is 0.311 e. The van der Waals surface area contributed by atoms with Gasteiger partial charge in [-0.05, 0) is 37.0 Å². The van der Waals surface area contributed by atoms with Gasteiger partial charge in [-0.15, -0.1) is 18.3 Å². The fourth-order valence-corrected chi connectivity index (χ4v) is 9.28. The van der Waals surface area contributed by atoms with Gasteiger partial charge in [0, 0.05) is 11.8 Å². The molecule has 9 heteroatoms. The Morgan fingerprint density at radius 1 is 1.23 bits per heavy atom. The zero-order valence-corrected chi connectivity index (χ0v) is 23.9. The zero-order chi connectivity index (χ0) is 28.6. The van der Waals surface area contributed by atoms with Crippen LogP contribution in [0.5, 0.6) is 0 Å². The summed E-state index contributed by atoms with van der Waals surface area (Å²) in [6.07, 6.45) is 4.40. The van der Waals surface area contributed by atoms with Crippen LogP contribution in [0.15, 0.2) is 73.8 Å². The summed E-state index contributed by atoms with van der Waals surface area (Å²) in [7, 11) is 0. The van der Waals surface area contributed by atoms with Crippen molar-refractivity contribution >= 4 is 46.8 Å². The van der Waals surface area contributed by atoms with Gasteiger partial charge in [-0.25, -0.2) is 0 Å². The van der Waals surface area contributed by atoms with E-state index in [1.165, 1.54) is 11.0 Å². The summed E-state index contributed by atoms with van der Waals surface area (Å²) in [5.74, 6) is -2.51. The SMILES string of the molecule is C=CCOC(=O)[C@@H]1[C@@H]2CCC3(S2)C(C(=O)N(CC=C)c2c(C)cccc2Cl)N([C@H](CO)c2ccccc2)C(=O)[C@H]13. The van der Waals surface area contributed by atoms with Crippen molar-refractivity contribution in [2.75, 3.05) is 24.7 Å². The third kappa shape index (κ3) is 4.46. The fourth-order valence-electron chi connectivity index (χ4n) is 6.77. The number of amides is 2. The third-order valence-electron chi connectivity index (χ3n) is 8.32. The van der Waals surface area contributed by atoms with Crippen LogP contribution in [0.1, 0.15) is 30.0 Å². The maximum absolute atomic E-state index is 14.8. The molecule has 0 aromatic heterocycles. The zero-order valence-electron chi connectivity index (χ0n) is 22.4. The van der Waals surface area contributed by atoms with Crippen molar-refractivity contribution in [2.24, 2.45) is 11.8 Å². The second-order valence-electron chi connectivity index (χ2n) is 10.5. The highest BCUT2D eigenvalue weighted by Gasteiger charge is 2.75. The van der Waals surface area contributed by atoms with Crippen LogP contribution in [0.4, 0.5) is 5.69 Å². The summed E-state index contributed by atoms with van der Waals surface area (Å²) in [5, 5.41) is 10.9. The highest BCUT2D eigenvalue weighted by atomic mass is 35.5. The lowest BCUT2D eigenvalue weighted by Crippen LogP contribution is -2.56. The topological polar surface area (TPSA) is 87.2 Å². The van der Waals surface area contributed by atoms with Crippen molar-refractivity contribution in [3.8, 4) is 0 Å². The van der Waals surface area contributed by atoms with Crippen molar-refractivity contribution in [1.29, 1.82) is 0 Å². The van der Waals surface area contributed by atoms with Gasteiger partial charge in [-0.1, -0.05) is 72.8 Å². The normalized spacial score (nSPS) is 27.3. The molecule has 40 heavy (non-hydrogen) atoms. The Hall–Kier alpha value is -3.07. The highest BCUT2D eigenvalue weighted by Crippen LogP contribution is 2.67. The van der Waals surface area contributed by atoms with E-state index < -0.39 is 34.6 Å². The molecule has 5 rings (SSSR count). The van der Waals surface area contributed by atoms with Gasteiger partial charge in [0.15, 0.2) is 0 Å². The molecule has 2 unspecified atom stereocenters. The lowest BCUT2D eigenvalue weighted by atomic mass is 9.71. The summed E-state index contributed by atoms with van der Waals surface area (Å²) in [5.41, 5.74) is 2.08. The van der Waals surface area contributed by atoms with Crippen LogP contribution in [0.25, 0.3) is 0 Å². The molecule has 2 amide bonds. The molecule has 0 saturated carbocycles. The average Bonchev–Trinajstić information content (AvgIpc) is 3.59. The predicted molar refractivity (Wildman–Crippen MR) is 157 cm³/mol. The average molecular weight is 581 g/mol. The van der Waals surface area contributed by atoms with E-state index in [-0.39, 0.29) is 36.8 Å². The molecule has 0 radical (unpaired) electrons. The molecule has 7 nitrogen and oxygen atoms in total. The van der Waals surface area contributed by atoms with Crippen molar-refractivity contribution in [2.45, 2.75) is 41.8 Å². The number of thioether (sulfide) groups is 1. The fraction of sp³-hybridized carbons (Fsp3) is 0.387. The number of halogens is 1. The first kappa shape index (κ1) is 28.5. The van der Waals surface area contributed by atoms with Gasteiger partial charge in [-0.3, -0.25) is 14.4 Å². The number of benzene rings is 2. The van der Waals surface area contributed by atoms with Crippen LogP contribution in [-0.2, 0) is 19.1 Å². The number of esters is 1. The molecule has 2 aromatic rings. The van der Waals surface area contributed by atoms with E-state index >= 15 is 0 Å². The third-order valence-corrected chi connectivity index (χ3v) is 10.6. The molecule has 0 aliphatic carbocycles. The van der Waals surface area contributed by atoms with E-state index in [1.807, 2.05) is 49.4 Å². The lowest BCUT2D eigenvalue weighted by Gasteiger charge is -2.40. The molecule has 1 spiro atoms. The number of hydrogen-bond donors (Lipinski definition) is 1. The number of carbonyl (C=O) groups is 3. The molecule has 210 valence electrons. The van der Waals surface area contributed by atoms with Gasteiger partial charge in [0.2, 0.25) is 5.91 Å². The number of hydrogen-bond acceptors (Lipinski definition) is 6. The summed E-state index contributed by atoms with van der Waals surface area (Å²) < 4.78 is 4.60. The number of aliphatic hydroxyl groups is 1. The predicted octanol–water partition coefficient (Wildman–Crippen LogP) is 4.72. The summed E-state index contributed by atoms with van der Waals surface area (Å²) in [4.78, 5) is 45.7. The van der Waals surface area contributed by atoms with Crippen LogP contribution in [0, 0.1) is 18.8 Å². The first-order valence-electron chi connectivity index (χ1n) is 13.4. The minimum absolute atomic E-state index is 0.0505. The molecule has 6 atom stereocenters. The smallest absolute Gasteiger partial charge is 0.311 e. The van der Waals surface area contributed by atoms with Gasteiger partial charge < -0.3 is 19.6 Å². The Bertz CT molecular complexity index is 1320. The number of aliphatic hydroxyl groups excluding tert-OH is 1. The summed E-state index contributed by atoms with van der Waals surface area (Å²) in [6.45, 7) is 9.23. The van der Waals surface area contributed by atoms with E-state index in [2.05, 4.69) is 13.2 Å². The second-order valence-corrected chi connectivity index (χ2v) is 12.5. The molecule has 3 aliphatic heterocycles.